The zero-order valence-corrected chi connectivity index (χ0v) is 30.9. The lowest BCUT2D eigenvalue weighted by atomic mass is 9.62. The fraction of sp³-hybridized carbons (Fsp3) is 0.944. The lowest BCUT2D eigenvalue weighted by Crippen LogP contribution is -2.51. The van der Waals surface area contributed by atoms with E-state index in [0.29, 0.717) is 65.8 Å². The van der Waals surface area contributed by atoms with E-state index in [0.717, 1.165) is 52.1 Å². The van der Waals surface area contributed by atoms with E-state index >= 15 is 0 Å². The molecule has 5 aliphatic rings. The molecule has 0 aromatic heterocycles. The molecular weight excluding hydrogens is 652 g/mol. The predicted octanol–water partition coefficient (Wildman–Crippen LogP) is 3.48. The van der Waals surface area contributed by atoms with Crippen molar-refractivity contribution in [3.05, 3.63) is 0 Å². The summed E-state index contributed by atoms with van der Waals surface area (Å²) < 4.78 is 56.5. The van der Waals surface area contributed by atoms with Gasteiger partial charge in [0.05, 0.1) is 90.1 Å². The quantitative estimate of drug-likeness (QED) is 0.133. The molecule has 4 saturated heterocycles. The maximum atomic E-state index is 13.2. The molecule has 0 spiro atoms. The molecule has 1 aliphatic carbocycles. The van der Waals surface area contributed by atoms with E-state index in [1.54, 1.807) is 0 Å². The molecule has 6 unspecified atom stereocenters. The molecular formula is C36H62N2O12. The molecule has 6 atom stereocenters. The maximum absolute atomic E-state index is 13.2. The van der Waals surface area contributed by atoms with Gasteiger partial charge in [0, 0.05) is 12.6 Å². The van der Waals surface area contributed by atoms with Gasteiger partial charge in [-0.15, -0.1) is 0 Å². The van der Waals surface area contributed by atoms with Gasteiger partial charge in [0.1, 0.15) is 37.6 Å². The van der Waals surface area contributed by atoms with E-state index in [1.807, 2.05) is 0 Å². The zero-order valence-electron chi connectivity index (χ0n) is 30.9. The van der Waals surface area contributed by atoms with Gasteiger partial charge in [-0.3, -0.25) is 0 Å². The molecule has 5 fully saturated rings. The number of epoxide rings is 4. The van der Waals surface area contributed by atoms with E-state index in [4.69, 9.17) is 47.4 Å². The van der Waals surface area contributed by atoms with Crippen LogP contribution in [-0.2, 0) is 47.4 Å². The van der Waals surface area contributed by atoms with Crippen LogP contribution in [0.1, 0.15) is 66.7 Å². The Morgan fingerprint density at radius 1 is 0.640 bits per heavy atom. The first-order valence-corrected chi connectivity index (χ1v) is 18.5. The van der Waals surface area contributed by atoms with Crippen LogP contribution in [-0.4, -0.2) is 142 Å². The van der Waals surface area contributed by atoms with Crippen LogP contribution >= 0.6 is 0 Å². The van der Waals surface area contributed by atoms with Gasteiger partial charge in [-0.05, 0) is 42.9 Å². The van der Waals surface area contributed by atoms with E-state index < -0.39 is 23.0 Å². The highest BCUT2D eigenvalue weighted by Crippen LogP contribution is 2.46. The van der Waals surface area contributed by atoms with Gasteiger partial charge in [-0.1, -0.05) is 34.6 Å². The highest BCUT2D eigenvalue weighted by atomic mass is 16.6. The minimum atomic E-state index is -0.478. The number of alkyl carbamates (subject to hydrolysis) is 2. The molecule has 14 heteroatoms. The number of carbonyl (C=O) groups is 2. The Morgan fingerprint density at radius 2 is 1.04 bits per heavy atom. The lowest BCUT2D eigenvalue weighted by Gasteiger charge is -2.46. The minimum absolute atomic E-state index is 0.0657. The minimum Gasteiger partial charge on any atom is -0.449 e. The Balaban J connectivity index is 1.08. The van der Waals surface area contributed by atoms with Crippen LogP contribution in [0.25, 0.3) is 0 Å². The number of hydrogen-bond donors (Lipinski definition) is 2. The number of hydrogen-bond acceptors (Lipinski definition) is 12. The monoisotopic (exact) mass is 714 g/mol. The lowest BCUT2D eigenvalue weighted by molar-refractivity contribution is -0.0610. The molecule has 0 radical (unpaired) electrons. The number of rotatable bonds is 25. The highest BCUT2D eigenvalue weighted by Gasteiger charge is 2.43. The number of carbonyl (C=O) groups excluding carboxylic acids is 2. The highest BCUT2D eigenvalue weighted by molar-refractivity contribution is 5.68. The Labute approximate surface area is 297 Å². The van der Waals surface area contributed by atoms with Crippen molar-refractivity contribution in [2.75, 3.05) is 99.0 Å². The van der Waals surface area contributed by atoms with Gasteiger partial charge in [0.25, 0.3) is 0 Å². The van der Waals surface area contributed by atoms with E-state index in [-0.39, 0.29) is 54.5 Å². The normalized spacial score (nSPS) is 31.5. The molecule has 2 N–H and O–H groups in total. The molecule has 0 bridgehead atoms. The van der Waals surface area contributed by atoms with Crippen LogP contribution in [0.2, 0.25) is 0 Å². The van der Waals surface area contributed by atoms with Crippen LogP contribution in [0.3, 0.4) is 0 Å². The molecule has 1 saturated carbocycles. The van der Waals surface area contributed by atoms with Gasteiger partial charge in [-0.25, -0.2) is 9.59 Å². The molecule has 0 aromatic carbocycles. The van der Waals surface area contributed by atoms with E-state index in [2.05, 4.69) is 45.3 Å². The third-order valence-corrected chi connectivity index (χ3v) is 10.4. The van der Waals surface area contributed by atoms with E-state index in [9.17, 15) is 9.59 Å². The van der Waals surface area contributed by atoms with Crippen LogP contribution in [0.5, 0.6) is 0 Å². The summed E-state index contributed by atoms with van der Waals surface area (Å²) in [4.78, 5) is 26.3. The molecule has 50 heavy (non-hydrogen) atoms. The van der Waals surface area contributed by atoms with Crippen molar-refractivity contribution >= 4 is 12.2 Å². The van der Waals surface area contributed by atoms with Gasteiger partial charge in [0.15, 0.2) is 0 Å². The first-order valence-electron chi connectivity index (χ1n) is 18.5. The summed E-state index contributed by atoms with van der Waals surface area (Å²) in [5.74, 6) is 0. The fourth-order valence-corrected chi connectivity index (χ4v) is 7.00. The summed E-state index contributed by atoms with van der Waals surface area (Å²) in [7, 11) is 0. The molecule has 4 heterocycles. The van der Waals surface area contributed by atoms with Crippen LogP contribution < -0.4 is 10.6 Å². The van der Waals surface area contributed by atoms with Crippen LogP contribution in [0.4, 0.5) is 9.59 Å². The predicted molar refractivity (Wildman–Crippen MR) is 181 cm³/mol. The van der Waals surface area contributed by atoms with Crippen molar-refractivity contribution in [2.24, 2.45) is 21.7 Å². The van der Waals surface area contributed by atoms with Crippen molar-refractivity contribution in [1.29, 1.82) is 0 Å². The third-order valence-electron chi connectivity index (χ3n) is 10.4. The van der Waals surface area contributed by atoms with Crippen molar-refractivity contribution in [1.82, 2.24) is 10.6 Å². The number of amides is 2. The van der Waals surface area contributed by atoms with E-state index in [1.165, 1.54) is 0 Å². The Bertz CT molecular complexity index is 1040. The Morgan fingerprint density at radius 3 is 1.42 bits per heavy atom. The molecule has 288 valence electrons. The topological polar surface area (TPSA) is 164 Å². The summed E-state index contributed by atoms with van der Waals surface area (Å²) in [5, 5.41) is 6.14. The Kier molecular flexibility index (Phi) is 14.1. The summed E-state index contributed by atoms with van der Waals surface area (Å²) in [6.45, 7) is 18.0. The Hall–Kier alpha value is -1.78. The molecule has 4 aliphatic heterocycles. The SMILES string of the molecule is CCC(COCC1CO1)(COCC1CO1)COC(=O)NCC1(C)CC(NC(=O)OCC(CC)(COCC2CO2)COCC2CO2)CC(C)(C)C1. The standard InChI is InChI=1S/C36H62N2O12/c1-6-35(20-41-10-27-14-45-27,21-42-11-28-15-46-28)24-49-31(39)37-19-34(5)9-26(8-33(3,4)18-34)38-32(40)50-25-36(7-2,22-43-12-29-16-47-29)23-44-13-30-17-48-30/h26-30H,6-25H2,1-5H3,(H,37,39)(H,38,40). The van der Waals surface area contributed by atoms with Crippen LogP contribution in [0.15, 0.2) is 0 Å². The molecule has 0 aromatic rings. The first kappa shape index (κ1) is 39.4. The second kappa shape index (κ2) is 17.8. The van der Waals surface area contributed by atoms with Gasteiger partial charge < -0.3 is 58.0 Å². The first-order chi connectivity index (χ1) is 23.9. The third kappa shape index (κ3) is 14.0. The van der Waals surface area contributed by atoms with Crippen molar-refractivity contribution in [2.45, 2.75) is 97.2 Å². The van der Waals surface area contributed by atoms with Gasteiger partial charge in [-0.2, -0.15) is 0 Å². The summed E-state index contributed by atoms with van der Waals surface area (Å²) in [6.07, 6.45) is 3.47. The van der Waals surface area contributed by atoms with Gasteiger partial charge >= 0.3 is 12.2 Å². The average molecular weight is 715 g/mol. The maximum Gasteiger partial charge on any atom is 0.407 e. The summed E-state index contributed by atoms with van der Waals surface area (Å²) in [5.41, 5.74) is -1.29. The van der Waals surface area contributed by atoms with Gasteiger partial charge in [0.2, 0.25) is 0 Å². The van der Waals surface area contributed by atoms with Crippen molar-refractivity contribution in [3.63, 3.8) is 0 Å². The smallest absolute Gasteiger partial charge is 0.407 e. The van der Waals surface area contributed by atoms with Crippen molar-refractivity contribution in [3.8, 4) is 0 Å². The second-order valence-corrected chi connectivity index (χ2v) is 16.5. The fourth-order valence-electron chi connectivity index (χ4n) is 7.00. The number of nitrogens with one attached hydrogen (secondary N) is 2. The van der Waals surface area contributed by atoms with Crippen LogP contribution in [0, 0.1) is 21.7 Å². The van der Waals surface area contributed by atoms with Crippen molar-refractivity contribution < 1.29 is 57.0 Å². The summed E-state index contributed by atoms with van der Waals surface area (Å²) >= 11 is 0. The number of ether oxygens (including phenoxy) is 10. The molecule has 5 rings (SSSR count). The zero-order chi connectivity index (χ0) is 35.7. The molecule has 2 amide bonds. The summed E-state index contributed by atoms with van der Waals surface area (Å²) in [6, 6.07) is -0.121. The second-order valence-electron chi connectivity index (χ2n) is 16.5. The average Bonchev–Trinajstić information content (AvgIpc) is 3.85. The largest absolute Gasteiger partial charge is 0.449 e. The molecule has 14 nitrogen and oxygen atoms in total.